The molecule has 226 valence electrons. The van der Waals surface area contributed by atoms with Crippen molar-refractivity contribution in [3.05, 3.63) is 88.0 Å². The summed E-state index contributed by atoms with van der Waals surface area (Å²) in [6, 6.07) is 16.6. The molecule has 3 aromatic carbocycles. The van der Waals surface area contributed by atoms with Crippen molar-refractivity contribution >= 4 is 28.2 Å². The first-order valence-electron chi connectivity index (χ1n) is 14.4. The predicted octanol–water partition coefficient (Wildman–Crippen LogP) is 5.01. The molecule has 1 fully saturated rings. The van der Waals surface area contributed by atoms with Gasteiger partial charge < -0.3 is 28.9 Å². The zero-order valence-corrected chi connectivity index (χ0v) is 25.0. The van der Waals surface area contributed by atoms with E-state index < -0.39 is 22.8 Å². The molecule has 0 radical (unpaired) electrons. The highest BCUT2D eigenvalue weighted by molar-refractivity contribution is 5.97. The smallest absolute Gasteiger partial charge is 0.341 e. The van der Waals surface area contributed by atoms with Crippen LogP contribution in [0.1, 0.15) is 29.8 Å². The van der Waals surface area contributed by atoms with Crippen LogP contribution < -0.4 is 24.7 Å². The lowest BCUT2D eigenvalue weighted by atomic mass is 10.1. The number of methoxy groups -OCH3 is 2. The van der Waals surface area contributed by atoms with Crippen LogP contribution in [0.3, 0.4) is 0 Å². The molecular weight excluding hydrogens is 551 g/mol. The van der Waals surface area contributed by atoms with Crippen LogP contribution in [0.4, 0.5) is 15.8 Å². The lowest BCUT2D eigenvalue weighted by Crippen LogP contribution is -2.47. The molecule has 1 saturated heterocycles. The normalized spacial score (nSPS) is 13.5. The number of para-hydroxylation sites is 2. The van der Waals surface area contributed by atoms with E-state index >= 15 is 4.39 Å². The van der Waals surface area contributed by atoms with Gasteiger partial charge in [-0.2, -0.15) is 0 Å². The zero-order valence-electron chi connectivity index (χ0n) is 25.0. The van der Waals surface area contributed by atoms with Gasteiger partial charge >= 0.3 is 5.97 Å². The van der Waals surface area contributed by atoms with E-state index in [9.17, 15) is 14.7 Å². The van der Waals surface area contributed by atoms with Gasteiger partial charge in [0.2, 0.25) is 5.43 Å². The Balaban J connectivity index is 1.59. The second-order valence-corrected chi connectivity index (χ2v) is 10.5. The number of pyridine rings is 1. The molecule has 0 bridgehead atoms. The van der Waals surface area contributed by atoms with Crippen molar-refractivity contribution in [2.24, 2.45) is 0 Å². The van der Waals surface area contributed by atoms with E-state index in [4.69, 9.17) is 9.47 Å². The molecule has 43 heavy (non-hydrogen) atoms. The van der Waals surface area contributed by atoms with Crippen LogP contribution >= 0.6 is 0 Å². The summed E-state index contributed by atoms with van der Waals surface area (Å²) in [6.07, 6.45) is 1.30. The second-order valence-electron chi connectivity index (χ2n) is 10.5. The largest absolute Gasteiger partial charge is 0.495 e. The van der Waals surface area contributed by atoms with Crippen LogP contribution in [-0.2, 0) is 6.54 Å². The van der Waals surface area contributed by atoms with Crippen molar-refractivity contribution in [1.82, 2.24) is 9.47 Å². The quantitative estimate of drug-likeness (QED) is 0.277. The van der Waals surface area contributed by atoms with Gasteiger partial charge in [-0.15, -0.1) is 0 Å². The molecule has 0 aliphatic carbocycles. The summed E-state index contributed by atoms with van der Waals surface area (Å²) in [6.45, 7) is 9.05. The highest BCUT2D eigenvalue weighted by atomic mass is 19.1. The molecule has 1 aliphatic heterocycles. The van der Waals surface area contributed by atoms with Gasteiger partial charge in [0.1, 0.15) is 22.5 Å². The lowest BCUT2D eigenvalue weighted by Gasteiger charge is -2.38. The molecule has 0 atom stereocenters. The lowest BCUT2D eigenvalue weighted by molar-refractivity contribution is 0.0695. The number of rotatable bonds is 10. The first kappa shape index (κ1) is 29.9. The molecule has 1 aromatic heterocycles. The molecule has 1 N–H and O–H groups in total. The van der Waals surface area contributed by atoms with Gasteiger partial charge in [0.15, 0.2) is 11.6 Å². The minimum atomic E-state index is -1.38. The minimum Gasteiger partial charge on any atom is -0.495 e. The SMILES string of the molecule is CCN(CC)Cc1ccc(-n2cc(C(=O)O)c(=O)c3cc(F)c(N4CCN(c5ccccc5OC)CC4)c(OC)c32)cc1. The van der Waals surface area contributed by atoms with E-state index in [1.54, 1.807) is 11.7 Å². The predicted molar refractivity (Wildman–Crippen MR) is 167 cm³/mol. The molecule has 4 aromatic rings. The van der Waals surface area contributed by atoms with Crippen LogP contribution in [0.25, 0.3) is 16.6 Å². The number of aromatic nitrogens is 1. The summed E-state index contributed by atoms with van der Waals surface area (Å²) in [5.74, 6) is -1.07. The molecule has 0 spiro atoms. The van der Waals surface area contributed by atoms with Crippen LogP contribution in [0.15, 0.2) is 65.6 Å². The standard InChI is InChI=1S/C33H37FN4O5/c1-5-35(6-2)20-22-11-13-23(14-12-22)38-21-25(33(40)41)31(39)24-19-26(34)30(32(43-4)29(24)38)37-17-15-36(16-18-37)27-9-7-8-10-28(27)42-3/h7-14,19,21H,5-6,15-18,20H2,1-4H3,(H,40,41). The number of hydrogen-bond donors (Lipinski definition) is 1. The van der Waals surface area contributed by atoms with E-state index in [2.05, 4.69) is 23.6 Å². The number of halogens is 1. The van der Waals surface area contributed by atoms with Gasteiger partial charge in [0.25, 0.3) is 0 Å². The molecular formula is C33H37FN4O5. The Hall–Kier alpha value is -4.57. The van der Waals surface area contributed by atoms with Crippen LogP contribution in [-0.4, -0.2) is 74.0 Å². The second kappa shape index (κ2) is 12.7. The van der Waals surface area contributed by atoms with Crippen molar-refractivity contribution in [2.75, 3.05) is 63.3 Å². The average Bonchev–Trinajstić information content (AvgIpc) is 3.03. The molecule has 0 amide bonds. The Labute approximate surface area is 250 Å². The Bertz CT molecular complexity index is 1680. The maximum atomic E-state index is 15.9. The number of anilines is 2. The number of fused-ring (bicyclic) bond motifs is 1. The third-order valence-electron chi connectivity index (χ3n) is 8.14. The summed E-state index contributed by atoms with van der Waals surface area (Å²) in [7, 11) is 3.08. The number of nitrogens with zero attached hydrogens (tertiary/aromatic N) is 4. The molecule has 2 heterocycles. The van der Waals surface area contributed by atoms with Crippen molar-refractivity contribution in [2.45, 2.75) is 20.4 Å². The van der Waals surface area contributed by atoms with Gasteiger partial charge in [-0.3, -0.25) is 9.69 Å². The first-order chi connectivity index (χ1) is 20.8. The topological polar surface area (TPSA) is 87.5 Å². The van der Waals surface area contributed by atoms with Crippen LogP contribution in [0.2, 0.25) is 0 Å². The fourth-order valence-corrected chi connectivity index (χ4v) is 5.79. The molecule has 0 unspecified atom stereocenters. The van der Waals surface area contributed by atoms with E-state index in [0.29, 0.717) is 37.4 Å². The zero-order chi connectivity index (χ0) is 30.7. The Morgan fingerprint density at radius 1 is 0.953 bits per heavy atom. The van der Waals surface area contributed by atoms with Crippen molar-refractivity contribution in [3.8, 4) is 17.2 Å². The minimum absolute atomic E-state index is 0.0575. The van der Waals surface area contributed by atoms with E-state index in [1.807, 2.05) is 53.4 Å². The Kier molecular flexibility index (Phi) is 8.86. The van der Waals surface area contributed by atoms with Gasteiger partial charge in [0, 0.05) is 44.6 Å². The van der Waals surface area contributed by atoms with Crippen LogP contribution in [0, 0.1) is 5.82 Å². The Morgan fingerprint density at radius 3 is 2.21 bits per heavy atom. The summed E-state index contributed by atoms with van der Waals surface area (Å²) in [4.78, 5) is 31.8. The van der Waals surface area contributed by atoms with Gasteiger partial charge in [-0.05, 0) is 49.0 Å². The van der Waals surface area contributed by atoms with Gasteiger partial charge in [-0.25, -0.2) is 9.18 Å². The van der Waals surface area contributed by atoms with E-state index in [1.165, 1.54) is 13.3 Å². The number of aromatic carboxylic acids is 1. The number of hydrogen-bond acceptors (Lipinski definition) is 7. The molecule has 9 nitrogen and oxygen atoms in total. The monoisotopic (exact) mass is 588 g/mol. The third-order valence-corrected chi connectivity index (χ3v) is 8.14. The van der Waals surface area contributed by atoms with Gasteiger partial charge in [0.05, 0.1) is 25.3 Å². The van der Waals surface area contributed by atoms with Gasteiger partial charge in [-0.1, -0.05) is 38.1 Å². The fourth-order valence-electron chi connectivity index (χ4n) is 5.79. The summed E-state index contributed by atoms with van der Waals surface area (Å²) >= 11 is 0. The molecule has 1 aliphatic rings. The number of ether oxygens (including phenoxy) is 2. The third kappa shape index (κ3) is 5.75. The van der Waals surface area contributed by atoms with Crippen molar-refractivity contribution in [3.63, 3.8) is 0 Å². The van der Waals surface area contributed by atoms with Crippen molar-refractivity contribution in [1.29, 1.82) is 0 Å². The van der Waals surface area contributed by atoms with E-state index in [-0.39, 0.29) is 16.8 Å². The number of carboxylic acid groups (broad SMARTS) is 1. The highest BCUT2D eigenvalue weighted by Crippen LogP contribution is 2.40. The van der Waals surface area contributed by atoms with E-state index in [0.717, 1.165) is 42.7 Å². The highest BCUT2D eigenvalue weighted by Gasteiger charge is 2.29. The summed E-state index contributed by atoms with van der Waals surface area (Å²) in [5, 5.41) is 9.78. The fraction of sp³-hybridized carbons (Fsp3) is 0.333. The number of carbonyl (C=O) groups is 1. The number of carboxylic acids is 1. The molecule has 5 rings (SSSR count). The molecule has 10 heteroatoms. The maximum Gasteiger partial charge on any atom is 0.341 e. The maximum absolute atomic E-state index is 15.9. The van der Waals surface area contributed by atoms with Crippen molar-refractivity contribution < 1.29 is 23.8 Å². The Morgan fingerprint density at radius 2 is 1.60 bits per heavy atom. The first-order valence-corrected chi connectivity index (χ1v) is 14.4. The molecule has 0 saturated carbocycles. The average molecular weight is 589 g/mol. The number of benzene rings is 3. The van der Waals surface area contributed by atoms with Crippen LogP contribution in [0.5, 0.6) is 11.5 Å². The number of piperazine rings is 1. The summed E-state index contributed by atoms with van der Waals surface area (Å²) in [5.41, 5.74) is 2.05. The summed E-state index contributed by atoms with van der Waals surface area (Å²) < 4.78 is 28.9.